The molecule has 0 fully saturated rings. The van der Waals surface area contributed by atoms with Gasteiger partial charge in [-0.3, -0.25) is 0 Å². The van der Waals surface area contributed by atoms with Crippen molar-refractivity contribution in [3.63, 3.8) is 0 Å². The van der Waals surface area contributed by atoms with Crippen molar-refractivity contribution >= 4 is 5.57 Å². The number of hydrogen-bond acceptors (Lipinski definition) is 3. The van der Waals surface area contributed by atoms with Crippen molar-refractivity contribution in [2.24, 2.45) is 5.41 Å². The Labute approximate surface area is 122 Å². The lowest BCUT2D eigenvalue weighted by Crippen LogP contribution is -2.32. The van der Waals surface area contributed by atoms with Gasteiger partial charge in [0.15, 0.2) is 0 Å². The Bertz CT molecular complexity index is 557. The van der Waals surface area contributed by atoms with E-state index in [-0.39, 0.29) is 16.4 Å². The van der Waals surface area contributed by atoms with Gasteiger partial charge < -0.3 is 4.74 Å². The average molecular weight is 274 g/mol. The first-order valence-electron chi connectivity index (χ1n) is 7.20. The second-order valence-corrected chi connectivity index (χ2v) is 8.18. The molecule has 0 aromatic carbocycles. The van der Waals surface area contributed by atoms with E-state index in [4.69, 9.17) is 4.74 Å². The van der Waals surface area contributed by atoms with Crippen LogP contribution in [0.1, 0.15) is 66.8 Å². The van der Waals surface area contributed by atoms with E-state index in [0.29, 0.717) is 5.88 Å². The Balaban J connectivity index is 2.61. The second-order valence-electron chi connectivity index (χ2n) is 8.18. The summed E-state index contributed by atoms with van der Waals surface area (Å²) in [6.07, 6.45) is 4.10. The summed E-state index contributed by atoms with van der Waals surface area (Å²) in [5, 5.41) is 0. The highest BCUT2D eigenvalue weighted by Gasteiger charge is 2.34. The van der Waals surface area contributed by atoms with E-state index in [2.05, 4.69) is 71.4 Å². The zero-order chi connectivity index (χ0) is 15.3. The van der Waals surface area contributed by atoms with Crippen molar-refractivity contribution in [1.29, 1.82) is 0 Å². The number of aromatic nitrogens is 2. The van der Waals surface area contributed by atoms with Gasteiger partial charge >= 0.3 is 0 Å². The Morgan fingerprint density at radius 2 is 1.60 bits per heavy atom. The van der Waals surface area contributed by atoms with Gasteiger partial charge in [0.2, 0.25) is 5.88 Å². The molecule has 0 saturated heterocycles. The van der Waals surface area contributed by atoms with Crippen LogP contribution in [0.25, 0.3) is 5.57 Å². The summed E-state index contributed by atoms with van der Waals surface area (Å²) >= 11 is 0. The molecular weight excluding hydrogens is 248 g/mol. The van der Waals surface area contributed by atoms with Crippen LogP contribution in [0.5, 0.6) is 5.88 Å². The fourth-order valence-electron chi connectivity index (χ4n) is 2.31. The van der Waals surface area contributed by atoms with E-state index in [9.17, 15) is 0 Å². The lowest BCUT2D eigenvalue weighted by Gasteiger charge is -2.35. The minimum absolute atomic E-state index is 0.0441. The Hall–Kier alpha value is -1.38. The number of nitrogens with zero attached hydrogens (tertiary/aromatic N) is 2. The van der Waals surface area contributed by atoms with E-state index in [1.165, 1.54) is 5.57 Å². The molecule has 3 nitrogen and oxygen atoms in total. The van der Waals surface area contributed by atoms with Crippen LogP contribution in [-0.4, -0.2) is 15.6 Å². The van der Waals surface area contributed by atoms with Gasteiger partial charge in [-0.1, -0.05) is 41.5 Å². The quantitative estimate of drug-likeness (QED) is 0.704. The van der Waals surface area contributed by atoms with Crippen molar-refractivity contribution in [3.05, 3.63) is 23.7 Å². The Kier molecular flexibility index (Phi) is 3.23. The normalized spacial score (nSPS) is 18.1. The molecule has 20 heavy (non-hydrogen) atoms. The fraction of sp³-hybridized carbons (Fsp3) is 0.647. The minimum atomic E-state index is -0.334. The fourth-order valence-corrected chi connectivity index (χ4v) is 2.31. The number of hydrogen-bond donors (Lipinski definition) is 0. The molecule has 1 aliphatic heterocycles. The van der Waals surface area contributed by atoms with Gasteiger partial charge in [0.05, 0.1) is 5.56 Å². The van der Waals surface area contributed by atoms with Gasteiger partial charge in [0.25, 0.3) is 0 Å². The van der Waals surface area contributed by atoms with Crippen molar-refractivity contribution < 1.29 is 4.74 Å². The highest BCUT2D eigenvalue weighted by atomic mass is 16.5. The molecule has 2 heterocycles. The molecule has 0 amide bonds. The summed E-state index contributed by atoms with van der Waals surface area (Å²) in [5.41, 5.74) is 1.90. The maximum atomic E-state index is 6.05. The molecule has 0 N–H and O–H groups in total. The molecule has 0 aliphatic carbocycles. The predicted molar refractivity (Wildman–Crippen MR) is 82.9 cm³/mol. The molecule has 1 aliphatic rings. The monoisotopic (exact) mass is 274 g/mol. The van der Waals surface area contributed by atoms with E-state index in [1.54, 1.807) is 0 Å². The van der Waals surface area contributed by atoms with Crippen LogP contribution in [0.15, 0.2) is 12.3 Å². The molecule has 0 spiro atoms. The number of allylic oxidation sites excluding steroid dienone is 1. The summed E-state index contributed by atoms with van der Waals surface area (Å²) in [6.45, 7) is 17.1. The third-order valence-corrected chi connectivity index (χ3v) is 3.37. The first kappa shape index (κ1) is 15.0. The summed E-state index contributed by atoms with van der Waals surface area (Å²) in [6, 6.07) is 0. The molecule has 0 unspecified atom stereocenters. The molecule has 3 heteroatoms. The average Bonchev–Trinajstić information content (AvgIpc) is 2.23. The maximum absolute atomic E-state index is 6.05. The van der Waals surface area contributed by atoms with E-state index in [1.807, 2.05) is 6.20 Å². The van der Waals surface area contributed by atoms with Crippen molar-refractivity contribution in [2.45, 2.75) is 66.4 Å². The van der Waals surface area contributed by atoms with Crippen LogP contribution in [0.2, 0.25) is 0 Å². The van der Waals surface area contributed by atoms with Crippen LogP contribution in [0.4, 0.5) is 0 Å². The van der Waals surface area contributed by atoms with Gasteiger partial charge in [0, 0.05) is 11.6 Å². The highest BCUT2D eigenvalue weighted by Crippen LogP contribution is 2.43. The summed E-state index contributed by atoms with van der Waals surface area (Å²) in [4.78, 5) is 9.21. The van der Waals surface area contributed by atoms with Gasteiger partial charge in [-0.25, -0.2) is 4.98 Å². The topological polar surface area (TPSA) is 35.0 Å². The van der Waals surface area contributed by atoms with Gasteiger partial charge in [-0.2, -0.15) is 4.98 Å². The number of fused-ring (bicyclic) bond motifs is 1. The number of rotatable bonds is 0. The standard InChI is InChI=1S/C17H26N2O/c1-15(2,3)12-9-17(7,8)20-13-11(12)10-18-14(19-13)16(4,5)6/h9-10H,1-8H3. The minimum Gasteiger partial charge on any atom is -0.467 e. The molecule has 110 valence electrons. The lowest BCUT2D eigenvalue weighted by molar-refractivity contribution is 0.147. The third kappa shape index (κ3) is 2.87. The molecule has 0 radical (unpaired) electrons. The SMILES string of the molecule is CC1(C)C=C(C(C)(C)C)c2cnc(C(C)(C)C)nc2O1. The van der Waals surface area contributed by atoms with Crippen molar-refractivity contribution in [3.8, 4) is 5.88 Å². The molecule has 2 rings (SSSR count). The Morgan fingerprint density at radius 3 is 2.10 bits per heavy atom. The van der Waals surface area contributed by atoms with Gasteiger partial charge in [0.1, 0.15) is 11.4 Å². The van der Waals surface area contributed by atoms with Crippen molar-refractivity contribution in [2.75, 3.05) is 0 Å². The van der Waals surface area contributed by atoms with Crippen molar-refractivity contribution in [1.82, 2.24) is 9.97 Å². The predicted octanol–water partition coefficient (Wildman–Crippen LogP) is 4.37. The smallest absolute Gasteiger partial charge is 0.225 e. The van der Waals surface area contributed by atoms with Gasteiger partial charge in [-0.15, -0.1) is 0 Å². The molecule has 0 atom stereocenters. The number of ether oxygens (including phenoxy) is 1. The molecule has 0 saturated carbocycles. The first-order valence-corrected chi connectivity index (χ1v) is 7.20. The van der Waals surface area contributed by atoms with Crippen LogP contribution in [0.3, 0.4) is 0 Å². The summed E-state index contributed by atoms with van der Waals surface area (Å²) in [7, 11) is 0. The molecule has 1 aromatic rings. The van der Waals surface area contributed by atoms with Gasteiger partial charge in [-0.05, 0) is 30.9 Å². The zero-order valence-corrected chi connectivity index (χ0v) is 14.0. The summed E-state index contributed by atoms with van der Waals surface area (Å²) in [5.74, 6) is 1.53. The van der Waals surface area contributed by atoms with Crippen LogP contribution in [0, 0.1) is 5.41 Å². The van der Waals surface area contributed by atoms with Crippen LogP contribution < -0.4 is 4.74 Å². The van der Waals surface area contributed by atoms with E-state index in [0.717, 1.165) is 11.4 Å². The van der Waals surface area contributed by atoms with Crippen LogP contribution >= 0.6 is 0 Å². The molecular formula is C17H26N2O. The van der Waals surface area contributed by atoms with E-state index >= 15 is 0 Å². The highest BCUT2D eigenvalue weighted by molar-refractivity contribution is 5.74. The third-order valence-electron chi connectivity index (χ3n) is 3.37. The largest absolute Gasteiger partial charge is 0.467 e. The first-order chi connectivity index (χ1) is 8.90. The Morgan fingerprint density at radius 1 is 1.00 bits per heavy atom. The lowest BCUT2D eigenvalue weighted by atomic mass is 9.79. The van der Waals surface area contributed by atoms with Crippen LogP contribution in [-0.2, 0) is 5.41 Å². The maximum Gasteiger partial charge on any atom is 0.225 e. The molecule has 0 bridgehead atoms. The molecule has 1 aromatic heterocycles. The summed E-state index contributed by atoms with van der Waals surface area (Å²) < 4.78 is 6.05. The second kappa shape index (κ2) is 4.31. The zero-order valence-electron chi connectivity index (χ0n) is 14.0. The van der Waals surface area contributed by atoms with E-state index < -0.39 is 0 Å².